The molecule has 0 bridgehead atoms. The molecule has 0 saturated heterocycles. The quantitative estimate of drug-likeness (QED) is 0.716. The molecule has 1 aromatic heterocycles. The largest absolute Gasteiger partial charge is 0.385 e. The molecule has 102 valence electrons. The third kappa shape index (κ3) is 4.37. The van der Waals surface area contributed by atoms with Gasteiger partial charge < -0.3 is 10.5 Å². The van der Waals surface area contributed by atoms with Gasteiger partial charge in [-0.15, -0.1) is 0 Å². The van der Waals surface area contributed by atoms with Crippen LogP contribution in [0.1, 0.15) is 31.4 Å². The molecule has 1 aromatic rings. The lowest BCUT2D eigenvalue weighted by atomic mass is 9.97. The molecule has 4 heteroatoms. The number of pyridine rings is 1. The molecule has 2 unspecified atom stereocenters. The van der Waals surface area contributed by atoms with Gasteiger partial charge in [0, 0.05) is 44.7 Å². The van der Waals surface area contributed by atoms with Crippen molar-refractivity contribution in [3.8, 4) is 0 Å². The van der Waals surface area contributed by atoms with E-state index in [0.717, 1.165) is 26.0 Å². The average Bonchev–Trinajstić information content (AvgIpc) is 2.40. The monoisotopic (exact) mass is 251 g/mol. The van der Waals surface area contributed by atoms with E-state index in [2.05, 4.69) is 23.9 Å². The van der Waals surface area contributed by atoms with Crippen LogP contribution < -0.4 is 5.73 Å². The standard InChI is InChI=1S/C14H25N3O/c1-4-13(15)14(12-6-8-16-9-7-12)17(2)10-5-11-18-3/h6-9,13-14H,4-5,10-11,15H2,1-3H3. The normalized spacial score (nSPS) is 14.7. The van der Waals surface area contributed by atoms with Crippen LogP contribution in [0.15, 0.2) is 24.5 Å². The molecule has 2 atom stereocenters. The number of ether oxygens (including phenoxy) is 1. The Morgan fingerprint density at radius 3 is 2.61 bits per heavy atom. The van der Waals surface area contributed by atoms with Crippen molar-refractivity contribution in [2.24, 2.45) is 5.73 Å². The second-order valence-corrected chi connectivity index (χ2v) is 4.62. The number of aromatic nitrogens is 1. The van der Waals surface area contributed by atoms with Gasteiger partial charge in [0.15, 0.2) is 0 Å². The maximum atomic E-state index is 6.26. The molecule has 0 spiro atoms. The summed E-state index contributed by atoms with van der Waals surface area (Å²) in [4.78, 5) is 6.38. The lowest BCUT2D eigenvalue weighted by Gasteiger charge is -2.32. The van der Waals surface area contributed by atoms with Crippen molar-refractivity contribution >= 4 is 0 Å². The molecular weight excluding hydrogens is 226 g/mol. The smallest absolute Gasteiger partial charge is 0.0497 e. The zero-order valence-corrected chi connectivity index (χ0v) is 11.7. The minimum Gasteiger partial charge on any atom is -0.385 e. The molecule has 0 aliphatic carbocycles. The van der Waals surface area contributed by atoms with E-state index in [1.165, 1.54) is 5.56 Å². The number of methoxy groups -OCH3 is 1. The van der Waals surface area contributed by atoms with E-state index in [9.17, 15) is 0 Å². The van der Waals surface area contributed by atoms with Crippen molar-refractivity contribution in [2.45, 2.75) is 31.8 Å². The van der Waals surface area contributed by atoms with Crippen LogP contribution in [0.25, 0.3) is 0 Å². The van der Waals surface area contributed by atoms with Crippen LogP contribution in [0.5, 0.6) is 0 Å². The van der Waals surface area contributed by atoms with Crippen molar-refractivity contribution in [1.29, 1.82) is 0 Å². The van der Waals surface area contributed by atoms with Crippen LogP contribution in [0.2, 0.25) is 0 Å². The van der Waals surface area contributed by atoms with Crippen molar-refractivity contribution in [1.82, 2.24) is 9.88 Å². The van der Waals surface area contributed by atoms with Gasteiger partial charge in [0.25, 0.3) is 0 Å². The number of rotatable bonds is 8. The van der Waals surface area contributed by atoms with E-state index in [-0.39, 0.29) is 12.1 Å². The molecule has 18 heavy (non-hydrogen) atoms. The van der Waals surface area contributed by atoms with Gasteiger partial charge in [-0.1, -0.05) is 6.92 Å². The maximum Gasteiger partial charge on any atom is 0.0497 e. The SMILES string of the molecule is CCC(N)C(c1ccncc1)N(C)CCCOC. The van der Waals surface area contributed by atoms with Crippen LogP contribution in [-0.4, -0.2) is 43.2 Å². The van der Waals surface area contributed by atoms with E-state index in [4.69, 9.17) is 10.5 Å². The summed E-state index contributed by atoms with van der Waals surface area (Å²) in [6, 6.07) is 4.48. The van der Waals surface area contributed by atoms with Crippen LogP contribution in [0, 0.1) is 0 Å². The van der Waals surface area contributed by atoms with Crippen molar-refractivity contribution < 1.29 is 4.74 Å². The number of likely N-dealkylation sites (N-methyl/N-ethyl adjacent to an activating group) is 1. The van der Waals surface area contributed by atoms with E-state index in [0.29, 0.717) is 0 Å². The highest BCUT2D eigenvalue weighted by atomic mass is 16.5. The highest BCUT2D eigenvalue weighted by Crippen LogP contribution is 2.23. The van der Waals surface area contributed by atoms with E-state index < -0.39 is 0 Å². The molecule has 0 fully saturated rings. The Morgan fingerprint density at radius 2 is 2.06 bits per heavy atom. The fourth-order valence-corrected chi connectivity index (χ4v) is 2.21. The molecular formula is C14H25N3O. The summed E-state index contributed by atoms with van der Waals surface area (Å²) in [6.07, 6.45) is 5.63. The summed E-state index contributed by atoms with van der Waals surface area (Å²) in [5, 5.41) is 0. The second kappa shape index (κ2) is 8.19. The lowest BCUT2D eigenvalue weighted by molar-refractivity contribution is 0.155. The number of hydrogen-bond donors (Lipinski definition) is 1. The Bertz CT molecular complexity index is 318. The number of hydrogen-bond acceptors (Lipinski definition) is 4. The Kier molecular flexibility index (Phi) is 6.86. The highest BCUT2D eigenvalue weighted by Gasteiger charge is 2.22. The topological polar surface area (TPSA) is 51.4 Å². The molecule has 1 heterocycles. The summed E-state index contributed by atoms with van der Waals surface area (Å²) in [5.74, 6) is 0. The molecule has 0 aliphatic heterocycles. The first kappa shape index (κ1) is 15.1. The molecule has 4 nitrogen and oxygen atoms in total. The minimum absolute atomic E-state index is 0.139. The third-order valence-electron chi connectivity index (χ3n) is 3.26. The summed E-state index contributed by atoms with van der Waals surface area (Å²) < 4.78 is 5.10. The molecule has 0 amide bonds. The van der Waals surface area contributed by atoms with Gasteiger partial charge in [-0.05, 0) is 37.6 Å². The van der Waals surface area contributed by atoms with Gasteiger partial charge in [-0.3, -0.25) is 9.88 Å². The van der Waals surface area contributed by atoms with Crippen molar-refractivity contribution in [3.05, 3.63) is 30.1 Å². The second-order valence-electron chi connectivity index (χ2n) is 4.62. The first-order chi connectivity index (χ1) is 8.70. The molecule has 0 saturated carbocycles. The summed E-state index contributed by atoms with van der Waals surface area (Å²) in [5.41, 5.74) is 7.50. The molecule has 0 aliphatic rings. The summed E-state index contributed by atoms with van der Waals surface area (Å²) in [7, 11) is 3.86. The minimum atomic E-state index is 0.139. The van der Waals surface area contributed by atoms with E-state index in [1.807, 2.05) is 24.5 Å². The molecule has 2 N–H and O–H groups in total. The lowest BCUT2D eigenvalue weighted by Crippen LogP contribution is -2.39. The van der Waals surface area contributed by atoms with Crippen LogP contribution in [0.4, 0.5) is 0 Å². The van der Waals surface area contributed by atoms with Crippen LogP contribution in [0.3, 0.4) is 0 Å². The molecule has 1 rings (SSSR count). The fraction of sp³-hybridized carbons (Fsp3) is 0.643. The number of nitrogens with zero attached hydrogens (tertiary/aromatic N) is 2. The van der Waals surface area contributed by atoms with Gasteiger partial charge >= 0.3 is 0 Å². The van der Waals surface area contributed by atoms with Crippen LogP contribution in [-0.2, 0) is 4.74 Å². The van der Waals surface area contributed by atoms with Crippen molar-refractivity contribution in [3.63, 3.8) is 0 Å². The Balaban J connectivity index is 2.72. The zero-order chi connectivity index (χ0) is 13.4. The Hall–Kier alpha value is -0.970. The number of nitrogens with two attached hydrogens (primary N) is 1. The summed E-state index contributed by atoms with van der Waals surface area (Å²) in [6.45, 7) is 3.89. The summed E-state index contributed by atoms with van der Waals surface area (Å²) >= 11 is 0. The fourth-order valence-electron chi connectivity index (χ4n) is 2.21. The first-order valence-corrected chi connectivity index (χ1v) is 6.55. The molecule has 0 radical (unpaired) electrons. The van der Waals surface area contributed by atoms with Gasteiger partial charge in [-0.2, -0.15) is 0 Å². The van der Waals surface area contributed by atoms with Crippen LogP contribution >= 0.6 is 0 Å². The van der Waals surface area contributed by atoms with Crippen molar-refractivity contribution in [2.75, 3.05) is 27.3 Å². The predicted octanol–water partition coefficient (Wildman–Crippen LogP) is 1.83. The van der Waals surface area contributed by atoms with Gasteiger partial charge in [0.2, 0.25) is 0 Å². The van der Waals surface area contributed by atoms with Gasteiger partial charge in [0.1, 0.15) is 0 Å². The van der Waals surface area contributed by atoms with E-state index >= 15 is 0 Å². The zero-order valence-electron chi connectivity index (χ0n) is 11.7. The first-order valence-electron chi connectivity index (χ1n) is 6.55. The van der Waals surface area contributed by atoms with E-state index in [1.54, 1.807) is 7.11 Å². The Morgan fingerprint density at radius 1 is 1.39 bits per heavy atom. The highest BCUT2D eigenvalue weighted by molar-refractivity contribution is 5.17. The Labute approximate surface area is 110 Å². The predicted molar refractivity (Wildman–Crippen MR) is 74.4 cm³/mol. The van der Waals surface area contributed by atoms with Gasteiger partial charge in [0.05, 0.1) is 0 Å². The average molecular weight is 251 g/mol. The molecule has 0 aromatic carbocycles. The van der Waals surface area contributed by atoms with Gasteiger partial charge in [-0.25, -0.2) is 0 Å². The maximum absolute atomic E-state index is 6.26. The third-order valence-corrected chi connectivity index (χ3v) is 3.26.